The van der Waals surface area contributed by atoms with E-state index in [4.69, 9.17) is 10.1 Å². The zero-order valence-corrected chi connectivity index (χ0v) is 18.4. The lowest BCUT2D eigenvalue weighted by molar-refractivity contribution is 0.0955. The molecule has 1 aliphatic carbocycles. The number of aryl methyl sites for hydroxylation is 1. The number of hydrogen-bond donors (Lipinski definition) is 2. The van der Waals surface area contributed by atoms with Crippen molar-refractivity contribution in [2.24, 2.45) is 0 Å². The Labute approximate surface area is 173 Å². The fraction of sp³-hybridized carbons (Fsp3) is 0.632. The molecule has 2 aromatic rings. The lowest BCUT2D eigenvalue weighted by atomic mass is 10.1. The molecule has 0 atom stereocenters. The van der Waals surface area contributed by atoms with Crippen molar-refractivity contribution in [3.63, 3.8) is 0 Å². The molecule has 27 heavy (non-hydrogen) atoms. The van der Waals surface area contributed by atoms with Gasteiger partial charge in [0.15, 0.2) is 5.65 Å². The Balaban J connectivity index is 0.00000182. The van der Waals surface area contributed by atoms with Crippen LogP contribution < -0.4 is 10.6 Å². The average molecular weight is 416 g/mol. The predicted molar refractivity (Wildman–Crippen MR) is 115 cm³/mol. The van der Waals surface area contributed by atoms with E-state index in [9.17, 15) is 4.79 Å². The summed E-state index contributed by atoms with van der Waals surface area (Å²) in [7, 11) is 0. The minimum absolute atomic E-state index is 0. The number of carbonyl (C=O) groups excluding carboxylic acids is 1. The maximum atomic E-state index is 12.8. The van der Waals surface area contributed by atoms with Gasteiger partial charge in [-0.2, -0.15) is 5.10 Å². The van der Waals surface area contributed by atoms with Crippen LogP contribution in [0.15, 0.2) is 6.07 Å². The van der Waals surface area contributed by atoms with Gasteiger partial charge in [-0.1, -0.05) is 6.92 Å². The number of fused-ring (bicyclic) bond motifs is 1. The van der Waals surface area contributed by atoms with Gasteiger partial charge in [-0.3, -0.25) is 4.79 Å². The third kappa shape index (κ3) is 5.12. The highest BCUT2D eigenvalue weighted by Gasteiger charge is 2.30. The summed E-state index contributed by atoms with van der Waals surface area (Å²) in [5.74, 6) is 0.449. The van der Waals surface area contributed by atoms with E-state index >= 15 is 0 Å². The van der Waals surface area contributed by atoms with Crippen LogP contribution in [0.25, 0.3) is 11.0 Å². The predicted octanol–water partition coefficient (Wildman–Crippen LogP) is 3.56. The molecular formula is C19H31Cl2N5O. The van der Waals surface area contributed by atoms with Crippen LogP contribution in [0.3, 0.4) is 0 Å². The van der Waals surface area contributed by atoms with E-state index in [2.05, 4.69) is 38.3 Å². The smallest absolute Gasteiger partial charge is 0.252 e. The van der Waals surface area contributed by atoms with E-state index in [1.807, 2.05) is 17.7 Å². The van der Waals surface area contributed by atoms with Crippen LogP contribution in [0.5, 0.6) is 0 Å². The Morgan fingerprint density at radius 1 is 1.26 bits per heavy atom. The first kappa shape index (κ1) is 23.7. The Kier molecular flexibility index (Phi) is 8.08. The number of aromatic nitrogens is 3. The molecule has 0 spiro atoms. The molecule has 1 aliphatic rings. The maximum absolute atomic E-state index is 12.8. The minimum atomic E-state index is -0.180. The number of nitrogens with one attached hydrogen (secondary N) is 2. The fourth-order valence-corrected chi connectivity index (χ4v) is 3.08. The quantitative estimate of drug-likeness (QED) is 0.707. The standard InChI is InChI=1S/C19H29N5O.2ClH/c1-6-20-9-10-21-18(25)14-11-15(13-7-8-13)22-17-16(14)12(2)23-24(17)19(3,4)5;;/h11,13,20H,6-10H2,1-5H3,(H,21,25);2*1H. The van der Waals surface area contributed by atoms with Crippen molar-refractivity contribution in [1.82, 2.24) is 25.4 Å². The minimum Gasteiger partial charge on any atom is -0.351 e. The van der Waals surface area contributed by atoms with Crippen molar-refractivity contribution in [1.29, 1.82) is 0 Å². The first-order valence-electron chi connectivity index (χ1n) is 9.22. The van der Waals surface area contributed by atoms with Crippen molar-refractivity contribution in [3.05, 3.63) is 23.0 Å². The van der Waals surface area contributed by atoms with E-state index in [0.29, 0.717) is 18.0 Å². The molecule has 1 amide bonds. The first-order valence-corrected chi connectivity index (χ1v) is 9.22. The zero-order chi connectivity index (χ0) is 18.2. The molecule has 152 valence electrons. The van der Waals surface area contributed by atoms with Gasteiger partial charge in [0.25, 0.3) is 5.91 Å². The van der Waals surface area contributed by atoms with Gasteiger partial charge in [-0.05, 0) is 53.1 Å². The molecule has 2 aromatic heterocycles. The summed E-state index contributed by atoms with van der Waals surface area (Å²) in [6, 6.07) is 1.98. The highest BCUT2D eigenvalue weighted by Crippen LogP contribution is 2.40. The molecule has 8 heteroatoms. The molecule has 2 heterocycles. The summed E-state index contributed by atoms with van der Waals surface area (Å²) < 4.78 is 1.96. The lowest BCUT2D eigenvalue weighted by Crippen LogP contribution is -2.32. The molecule has 1 fully saturated rings. The summed E-state index contributed by atoms with van der Waals surface area (Å²) in [5.41, 5.74) is 3.23. The number of pyridine rings is 1. The number of likely N-dealkylation sites (N-methyl/N-ethyl adjacent to an activating group) is 1. The van der Waals surface area contributed by atoms with Crippen LogP contribution in [-0.4, -0.2) is 40.3 Å². The van der Waals surface area contributed by atoms with Crippen molar-refractivity contribution in [2.75, 3.05) is 19.6 Å². The normalized spacial score (nSPS) is 13.8. The van der Waals surface area contributed by atoms with E-state index in [1.54, 1.807) is 0 Å². The summed E-state index contributed by atoms with van der Waals surface area (Å²) in [4.78, 5) is 17.7. The second-order valence-corrected chi connectivity index (χ2v) is 7.85. The van der Waals surface area contributed by atoms with Crippen LogP contribution in [0.4, 0.5) is 0 Å². The van der Waals surface area contributed by atoms with Crippen LogP contribution in [0.1, 0.15) is 68.2 Å². The molecule has 3 rings (SSSR count). The topological polar surface area (TPSA) is 71.8 Å². The Morgan fingerprint density at radius 3 is 2.48 bits per heavy atom. The molecule has 6 nitrogen and oxygen atoms in total. The Hall–Kier alpha value is -1.37. The van der Waals surface area contributed by atoms with Crippen molar-refractivity contribution >= 4 is 41.8 Å². The summed E-state index contributed by atoms with van der Waals surface area (Å²) in [6.07, 6.45) is 2.31. The number of nitrogens with zero attached hydrogens (tertiary/aromatic N) is 3. The molecule has 0 unspecified atom stereocenters. The number of rotatable bonds is 6. The maximum Gasteiger partial charge on any atom is 0.252 e. The monoisotopic (exact) mass is 415 g/mol. The molecule has 0 aliphatic heterocycles. The second kappa shape index (κ2) is 9.22. The lowest BCUT2D eigenvalue weighted by Gasteiger charge is -2.20. The molecule has 0 radical (unpaired) electrons. The van der Waals surface area contributed by atoms with E-state index in [0.717, 1.165) is 48.4 Å². The molecule has 2 N–H and O–H groups in total. The largest absolute Gasteiger partial charge is 0.351 e. The van der Waals surface area contributed by atoms with Crippen molar-refractivity contribution in [2.45, 2.75) is 58.9 Å². The van der Waals surface area contributed by atoms with Gasteiger partial charge in [-0.15, -0.1) is 24.8 Å². The van der Waals surface area contributed by atoms with Gasteiger partial charge in [-0.25, -0.2) is 9.67 Å². The van der Waals surface area contributed by atoms with Gasteiger partial charge < -0.3 is 10.6 Å². The SMILES string of the molecule is CCNCCNC(=O)c1cc(C2CC2)nc2c1c(C)nn2C(C)(C)C.Cl.Cl. The highest BCUT2D eigenvalue weighted by atomic mass is 35.5. The molecule has 0 saturated heterocycles. The summed E-state index contributed by atoms with van der Waals surface area (Å²) >= 11 is 0. The second-order valence-electron chi connectivity index (χ2n) is 7.85. The summed E-state index contributed by atoms with van der Waals surface area (Å²) in [5, 5.41) is 11.8. The van der Waals surface area contributed by atoms with Gasteiger partial charge in [0.2, 0.25) is 0 Å². The van der Waals surface area contributed by atoms with E-state index < -0.39 is 0 Å². The number of halogens is 2. The molecule has 0 bridgehead atoms. The fourth-order valence-electron chi connectivity index (χ4n) is 3.08. The van der Waals surface area contributed by atoms with Gasteiger partial charge in [0, 0.05) is 24.7 Å². The Bertz CT molecular complexity index is 793. The third-order valence-corrected chi connectivity index (χ3v) is 4.55. The first-order chi connectivity index (χ1) is 11.8. The number of carbonyl (C=O) groups is 1. The van der Waals surface area contributed by atoms with Crippen LogP contribution in [0, 0.1) is 6.92 Å². The van der Waals surface area contributed by atoms with Crippen molar-refractivity contribution < 1.29 is 4.79 Å². The number of hydrogen-bond acceptors (Lipinski definition) is 4. The Morgan fingerprint density at radius 2 is 1.93 bits per heavy atom. The molecule has 0 aromatic carbocycles. The van der Waals surface area contributed by atoms with E-state index in [1.165, 1.54) is 0 Å². The van der Waals surface area contributed by atoms with Crippen molar-refractivity contribution in [3.8, 4) is 0 Å². The zero-order valence-electron chi connectivity index (χ0n) is 16.8. The molecule has 1 saturated carbocycles. The van der Waals surface area contributed by atoms with Crippen LogP contribution in [-0.2, 0) is 5.54 Å². The molecular weight excluding hydrogens is 385 g/mol. The number of amides is 1. The van der Waals surface area contributed by atoms with Crippen LogP contribution >= 0.6 is 24.8 Å². The average Bonchev–Trinajstić information content (AvgIpc) is 3.34. The third-order valence-electron chi connectivity index (χ3n) is 4.55. The van der Waals surface area contributed by atoms with Crippen LogP contribution in [0.2, 0.25) is 0 Å². The summed E-state index contributed by atoms with van der Waals surface area (Å²) in [6.45, 7) is 12.6. The van der Waals surface area contributed by atoms with Gasteiger partial charge in [0.05, 0.1) is 22.2 Å². The van der Waals surface area contributed by atoms with Gasteiger partial charge in [0.1, 0.15) is 0 Å². The highest BCUT2D eigenvalue weighted by molar-refractivity contribution is 6.06. The van der Waals surface area contributed by atoms with E-state index in [-0.39, 0.29) is 36.3 Å². The van der Waals surface area contributed by atoms with Gasteiger partial charge >= 0.3 is 0 Å².